The summed E-state index contributed by atoms with van der Waals surface area (Å²) < 4.78 is 55.9. The number of amides is 1. The Morgan fingerprint density at radius 1 is 1.05 bits per heavy atom. The third-order valence-electron chi connectivity index (χ3n) is 6.99. The first-order chi connectivity index (χ1) is 18.1. The van der Waals surface area contributed by atoms with Crippen LogP contribution < -0.4 is 10.5 Å². The molecule has 196 valence electrons. The number of ether oxygens (including phenoxy) is 1. The molecule has 5 rings (SSSR count). The molecule has 5 nitrogen and oxygen atoms in total. The molecule has 1 aromatic heterocycles. The maximum absolute atomic E-state index is 14.5. The molecular weight excluding hydrogens is 498 g/mol. The van der Waals surface area contributed by atoms with Crippen molar-refractivity contribution in [1.82, 2.24) is 9.88 Å². The molecular formula is C29H25F4N3O2. The van der Waals surface area contributed by atoms with E-state index in [9.17, 15) is 22.4 Å². The molecule has 0 bridgehead atoms. The van der Waals surface area contributed by atoms with Crippen molar-refractivity contribution < 1.29 is 27.1 Å². The number of rotatable bonds is 6. The van der Waals surface area contributed by atoms with E-state index in [2.05, 4.69) is 9.72 Å². The topological polar surface area (TPSA) is 68.5 Å². The zero-order chi connectivity index (χ0) is 27.0. The van der Waals surface area contributed by atoms with Gasteiger partial charge in [0, 0.05) is 29.1 Å². The number of hydrogen-bond acceptors (Lipinski definition) is 4. The normalized spacial score (nSPS) is 17.2. The Balaban J connectivity index is 1.38. The average Bonchev–Trinajstić information content (AvgIpc) is 2.84. The van der Waals surface area contributed by atoms with Crippen molar-refractivity contribution in [2.24, 2.45) is 0 Å². The number of halogens is 4. The van der Waals surface area contributed by atoms with Crippen molar-refractivity contribution in [2.75, 3.05) is 5.73 Å². The van der Waals surface area contributed by atoms with Crippen LogP contribution in [-0.2, 0) is 6.54 Å². The lowest BCUT2D eigenvalue weighted by Crippen LogP contribution is -2.46. The van der Waals surface area contributed by atoms with Crippen molar-refractivity contribution in [3.63, 3.8) is 0 Å². The van der Waals surface area contributed by atoms with E-state index in [4.69, 9.17) is 5.73 Å². The molecule has 1 aliphatic rings. The molecule has 38 heavy (non-hydrogen) atoms. The average molecular weight is 524 g/mol. The highest BCUT2D eigenvalue weighted by atomic mass is 19.4. The molecule has 3 aromatic carbocycles. The molecule has 0 spiro atoms. The molecule has 0 aliphatic heterocycles. The lowest BCUT2D eigenvalue weighted by Gasteiger charge is -2.43. The van der Waals surface area contributed by atoms with Gasteiger partial charge in [-0.3, -0.25) is 4.79 Å². The number of aromatic nitrogens is 1. The first-order valence-corrected chi connectivity index (χ1v) is 12.1. The SMILES string of the molecule is Cc1cc2cc(C(=O)N(Cc3ccccc3F)[C@H]3C[C@H](c4ccc(OC(F)(F)F)cc4)C3)ccc2nc1N. The first-order valence-electron chi connectivity index (χ1n) is 12.1. The van der Waals surface area contributed by atoms with Crippen LogP contribution in [0.4, 0.5) is 23.4 Å². The summed E-state index contributed by atoms with van der Waals surface area (Å²) in [5.74, 6) is -0.424. The van der Waals surface area contributed by atoms with E-state index in [1.54, 1.807) is 53.4 Å². The molecule has 9 heteroatoms. The van der Waals surface area contributed by atoms with Gasteiger partial charge >= 0.3 is 6.36 Å². The highest BCUT2D eigenvalue weighted by Gasteiger charge is 2.38. The summed E-state index contributed by atoms with van der Waals surface area (Å²) in [5, 5.41) is 0.779. The van der Waals surface area contributed by atoms with Gasteiger partial charge in [-0.15, -0.1) is 13.2 Å². The number of nitrogen functional groups attached to an aromatic ring is 1. The number of carbonyl (C=O) groups is 1. The van der Waals surface area contributed by atoms with Gasteiger partial charge in [-0.2, -0.15) is 0 Å². The summed E-state index contributed by atoms with van der Waals surface area (Å²) in [6.07, 6.45) is -3.55. The molecule has 0 atom stereocenters. The van der Waals surface area contributed by atoms with Crippen LogP contribution in [0.25, 0.3) is 10.9 Å². The minimum atomic E-state index is -4.75. The standard InChI is InChI=1S/C29H25F4N3O2/c1-17-12-22-13-19(8-11-26(22)35-27(17)34)28(37)36(16-20-4-2-3-5-25(20)30)23-14-21(15-23)18-6-9-24(10-7-18)38-29(31,32)33/h2-13,21,23H,14-16H2,1H3,(H2,34,35)/t21-,23-. The van der Waals surface area contributed by atoms with Gasteiger partial charge in [0.1, 0.15) is 17.4 Å². The van der Waals surface area contributed by atoms with Crippen molar-refractivity contribution in [2.45, 2.75) is 44.6 Å². The first kappa shape index (κ1) is 25.5. The number of carbonyl (C=O) groups excluding carboxylic acids is 1. The number of hydrogen-bond donors (Lipinski definition) is 1. The summed E-state index contributed by atoms with van der Waals surface area (Å²) in [5.41, 5.74) is 9.11. The van der Waals surface area contributed by atoms with E-state index >= 15 is 0 Å². The monoisotopic (exact) mass is 523 g/mol. The van der Waals surface area contributed by atoms with E-state index in [1.165, 1.54) is 18.2 Å². The smallest absolute Gasteiger partial charge is 0.406 e. The van der Waals surface area contributed by atoms with Gasteiger partial charge < -0.3 is 15.4 Å². The van der Waals surface area contributed by atoms with Crippen LogP contribution >= 0.6 is 0 Å². The summed E-state index contributed by atoms with van der Waals surface area (Å²) in [6, 6.07) is 19.0. The largest absolute Gasteiger partial charge is 0.573 e. The third kappa shape index (κ3) is 5.41. The number of anilines is 1. The van der Waals surface area contributed by atoms with Crippen molar-refractivity contribution in [1.29, 1.82) is 0 Å². The van der Waals surface area contributed by atoms with Crippen LogP contribution in [0.1, 0.15) is 45.8 Å². The zero-order valence-electron chi connectivity index (χ0n) is 20.5. The number of nitrogens with zero attached hydrogens (tertiary/aromatic N) is 2. The van der Waals surface area contributed by atoms with Crippen LogP contribution in [0, 0.1) is 12.7 Å². The van der Waals surface area contributed by atoms with Crippen LogP contribution in [0.3, 0.4) is 0 Å². The number of pyridine rings is 1. The second kappa shape index (κ2) is 9.96. The Hall–Kier alpha value is -4.14. The Bertz CT molecular complexity index is 1480. The van der Waals surface area contributed by atoms with Crippen molar-refractivity contribution in [3.05, 3.63) is 101 Å². The zero-order valence-corrected chi connectivity index (χ0v) is 20.5. The summed E-state index contributed by atoms with van der Waals surface area (Å²) >= 11 is 0. The maximum atomic E-state index is 14.5. The molecule has 1 heterocycles. The summed E-state index contributed by atoms with van der Waals surface area (Å²) in [4.78, 5) is 19.8. The third-order valence-corrected chi connectivity index (χ3v) is 6.99. The highest BCUT2D eigenvalue weighted by molar-refractivity contribution is 5.98. The molecule has 1 aliphatic carbocycles. The predicted molar refractivity (Wildman–Crippen MR) is 136 cm³/mol. The number of aryl methyl sites for hydroxylation is 1. The number of fused-ring (bicyclic) bond motifs is 1. The second-order valence-electron chi connectivity index (χ2n) is 9.56. The van der Waals surface area contributed by atoms with E-state index in [0.29, 0.717) is 35.3 Å². The molecule has 4 aromatic rings. The highest BCUT2D eigenvalue weighted by Crippen LogP contribution is 2.41. The van der Waals surface area contributed by atoms with Gasteiger partial charge in [0.15, 0.2) is 0 Å². The minimum Gasteiger partial charge on any atom is -0.406 e. The summed E-state index contributed by atoms with van der Waals surface area (Å²) in [6.45, 7) is 1.94. The predicted octanol–water partition coefficient (Wildman–Crippen LogP) is 6.75. The summed E-state index contributed by atoms with van der Waals surface area (Å²) in [7, 11) is 0. The number of benzene rings is 3. The lowest BCUT2D eigenvalue weighted by molar-refractivity contribution is -0.274. The quantitative estimate of drug-likeness (QED) is 0.284. The van der Waals surface area contributed by atoms with Crippen molar-refractivity contribution in [3.8, 4) is 5.75 Å². The van der Waals surface area contributed by atoms with Gasteiger partial charge in [0.05, 0.1) is 5.52 Å². The fraction of sp³-hybridized carbons (Fsp3) is 0.241. The Kier molecular flexibility index (Phi) is 6.69. The molecule has 1 fully saturated rings. The van der Waals surface area contributed by atoms with Crippen molar-refractivity contribution >= 4 is 22.6 Å². The van der Waals surface area contributed by atoms with E-state index in [-0.39, 0.29) is 30.2 Å². The second-order valence-corrected chi connectivity index (χ2v) is 9.56. The molecule has 2 N–H and O–H groups in total. The molecule has 1 amide bonds. The molecule has 1 saturated carbocycles. The number of nitrogens with two attached hydrogens (primary N) is 1. The van der Waals surface area contributed by atoms with Gasteiger partial charge in [-0.25, -0.2) is 9.37 Å². The Morgan fingerprint density at radius 2 is 1.76 bits per heavy atom. The fourth-order valence-electron chi connectivity index (χ4n) is 4.83. The van der Waals surface area contributed by atoms with Gasteiger partial charge in [-0.05, 0) is 79.3 Å². The van der Waals surface area contributed by atoms with Crippen LogP contribution in [0.2, 0.25) is 0 Å². The number of alkyl halides is 3. The van der Waals surface area contributed by atoms with Gasteiger partial charge in [0.25, 0.3) is 5.91 Å². The lowest BCUT2D eigenvalue weighted by atomic mass is 9.74. The van der Waals surface area contributed by atoms with Gasteiger partial charge in [-0.1, -0.05) is 30.3 Å². The molecule has 0 saturated heterocycles. The molecule has 0 radical (unpaired) electrons. The molecule has 0 unspecified atom stereocenters. The Morgan fingerprint density at radius 3 is 2.45 bits per heavy atom. The van der Waals surface area contributed by atoms with E-state index < -0.39 is 12.2 Å². The van der Waals surface area contributed by atoms with Gasteiger partial charge in [0.2, 0.25) is 0 Å². The Labute approximate surface area is 216 Å². The maximum Gasteiger partial charge on any atom is 0.573 e. The van der Waals surface area contributed by atoms with E-state index in [1.807, 2.05) is 13.0 Å². The van der Waals surface area contributed by atoms with E-state index in [0.717, 1.165) is 16.5 Å². The van der Waals surface area contributed by atoms with Crippen LogP contribution in [-0.4, -0.2) is 28.2 Å². The van der Waals surface area contributed by atoms with Crippen LogP contribution in [0.5, 0.6) is 5.75 Å². The van der Waals surface area contributed by atoms with Crippen LogP contribution in [0.15, 0.2) is 72.8 Å². The minimum absolute atomic E-state index is 0.0577. The fourth-order valence-corrected chi connectivity index (χ4v) is 4.83.